The van der Waals surface area contributed by atoms with Gasteiger partial charge < -0.3 is 14.5 Å². The fourth-order valence-corrected chi connectivity index (χ4v) is 5.83. The number of carbonyl (C=O) groups excluding carboxylic acids is 3. The predicted molar refractivity (Wildman–Crippen MR) is 147 cm³/mol. The number of nitrogens with zero attached hydrogens (tertiary/aromatic N) is 2. The first kappa shape index (κ1) is 26.3. The molecular weight excluding hydrogens is 478 g/mol. The lowest BCUT2D eigenvalue weighted by molar-refractivity contribution is -0.136. The average Bonchev–Trinajstić information content (AvgIpc) is 2.89. The molecule has 3 amide bonds. The van der Waals surface area contributed by atoms with Gasteiger partial charge in [-0.25, -0.2) is 4.79 Å². The standard InChI is InChI=1S/C31H39N3O4/c1-31(2,3)38-30(37)34-17-14-24-19-27(10-8-26(24)20-34)33-15-12-23(13-16-33)22-6-4-21(5-7-22)18-25-9-11-28(35)32-29(25)36/h4-8,10,19,23,25H,9,11-18,20H2,1-3H3,(H,32,35,36). The topological polar surface area (TPSA) is 79.0 Å². The summed E-state index contributed by atoms with van der Waals surface area (Å²) < 4.78 is 5.56. The normalized spacial score (nSPS) is 20.7. The van der Waals surface area contributed by atoms with Gasteiger partial charge in [0.2, 0.25) is 11.8 Å². The third kappa shape index (κ3) is 6.20. The Labute approximate surface area is 225 Å². The lowest BCUT2D eigenvalue weighted by Crippen LogP contribution is -2.41. The number of ether oxygens (including phenoxy) is 1. The first-order chi connectivity index (χ1) is 18.1. The van der Waals surface area contributed by atoms with E-state index in [1.54, 1.807) is 4.90 Å². The molecule has 7 heteroatoms. The van der Waals surface area contributed by atoms with Gasteiger partial charge in [0.15, 0.2) is 0 Å². The Morgan fingerprint density at radius 2 is 1.68 bits per heavy atom. The number of rotatable bonds is 4. The number of imide groups is 1. The smallest absolute Gasteiger partial charge is 0.410 e. The Morgan fingerprint density at radius 3 is 2.37 bits per heavy atom. The highest BCUT2D eigenvalue weighted by molar-refractivity contribution is 5.98. The lowest BCUT2D eigenvalue weighted by Gasteiger charge is -2.35. The fraction of sp³-hybridized carbons (Fsp3) is 0.516. The Balaban J connectivity index is 1.14. The van der Waals surface area contributed by atoms with Crippen LogP contribution in [0.4, 0.5) is 10.5 Å². The molecule has 0 aliphatic carbocycles. The third-order valence-corrected chi connectivity index (χ3v) is 8.00. The van der Waals surface area contributed by atoms with Crippen molar-refractivity contribution >= 4 is 23.6 Å². The van der Waals surface area contributed by atoms with E-state index in [9.17, 15) is 14.4 Å². The number of hydrogen-bond donors (Lipinski definition) is 1. The lowest BCUT2D eigenvalue weighted by atomic mass is 9.87. The monoisotopic (exact) mass is 517 g/mol. The minimum Gasteiger partial charge on any atom is -0.444 e. The molecule has 2 aromatic carbocycles. The Hall–Kier alpha value is -3.35. The number of hydrogen-bond acceptors (Lipinski definition) is 5. The number of benzene rings is 2. The van der Waals surface area contributed by atoms with Crippen LogP contribution >= 0.6 is 0 Å². The molecule has 1 atom stereocenters. The zero-order valence-corrected chi connectivity index (χ0v) is 22.8. The van der Waals surface area contributed by atoms with Gasteiger partial charge in [-0.1, -0.05) is 30.3 Å². The van der Waals surface area contributed by atoms with Crippen molar-refractivity contribution in [1.29, 1.82) is 0 Å². The highest BCUT2D eigenvalue weighted by atomic mass is 16.6. The average molecular weight is 518 g/mol. The molecule has 38 heavy (non-hydrogen) atoms. The number of amides is 3. The molecule has 2 fully saturated rings. The molecule has 0 spiro atoms. The molecule has 5 rings (SSSR count). The first-order valence-corrected chi connectivity index (χ1v) is 13.9. The molecule has 1 unspecified atom stereocenters. The van der Waals surface area contributed by atoms with Gasteiger partial charge in [-0.3, -0.25) is 14.9 Å². The van der Waals surface area contributed by atoms with E-state index in [1.165, 1.54) is 22.4 Å². The largest absolute Gasteiger partial charge is 0.444 e. The van der Waals surface area contributed by atoms with Crippen LogP contribution in [0.2, 0.25) is 0 Å². The molecule has 202 valence electrons. The predicted octanol–water partition coefficient (Wildman–Crippen LogP) is 4.96. The van der Waals surface area contributed by atoms with Crippen molar-refractivity contribution in [3.63, 3.8) is 0 Å². The number of anilines is 1. The van der Waals surface area contributed by atoms with Crippen molar-refractivity contribution in [2.24, 2.45) is 5.92 Å². The molecule has 3 aliphatic heterocycles. The number of piperidine rings is 2. The molecule has 0 bridgehead atoms. The summed E-state index contributed by atoms with van der Waals surface area (Å²) in [4.78, 5) is 40.2. The van der Waals surface area contributed by atoms with E-state index in [0.29, 0.717) is 38.3 Å². The molecule has 1 N–H and O–H groups in total. The second kappa shape index (κ2) is 10.8. The van der Waals surface area contributed by atoms with Crippen molar-refractivity contribution in [2.75, 3.05) is 24.5 Å². The van der Waals surface area contributed by atoms with Crippen LogP contribution in [0.3, 0.4) is 0 Å². The highest BCUT2D eigenvalue weighted by Crippen LogP contribution is 2.33. The summed E-state index contributed by atoms with van der Waals surface area (Å²) in [5, 5.41) is 2.46. The SMILES string of the molecule is CC(C)(C)OC(=O)N1CCc2cc(N3CCC(c4ccc(CC5CCC(=O)NC5=O)cc4)CC3)ccc2C1. The summed E-state index contributed by atoms with van der Waals surface area (Å²) in [6, 6.07) is 15.4. The molecule has 0 saturated carbocycles. The van der Waals surface area contributed by atoms with E-state index < -0.39 is 5.60 Å². The van der Waals surface area contributed by atoms with Gasteiger partial charge in [0, 0.05) is 44.2 Å². The summed E-state index contributed by atoms with van der Waals surface area (Å²) in [7, 11) is 0. The van der Waals surface area contributed by atoms with Crippen LogP contribution in [0.1, 0.15) is 74.6 Å². The summed E-state index contributed by atoms with van der Waals surface area (Å²) in [6.45, 7) is 9.03. The molecule has 0 radical (unpaired) electrons. The zero-order valence-electron chi connectivity index (χ0n) is 22.8. The van der Waals surface area contributed by atoms with Gasteiger partial charge in [0.1, 0.15) is 5.60 Å². The van der Waals surface area contributed by atoms with Crippen molar-refractivity contribution in [1.82, 2.24) is 10.2 Å². The maximum Gasteiger partial charge on any atom is 0.410 e. The summed E-state index contributed by atoms with van der Waals surface area (Å²) in [5.74, 6) is 0.128. The second-order valence-electron chi connectivity index (χ2n) is 12.0. The fourth-order valence-electron chi connectivity index (χ4n) is 5.83. The van der Waals surface area contributed by atoms with E-state index in [1.807, 2.05) is 20.8 Å². The Bertz CT molecular complexity index is 1190. The maximum absolute atomic E-state index is 12.5. The Kier molecular flexibility index (Phi) is 7.46. The van der Waals surface area contributed by atoms with E-state index in [4.69, 9.17) is 4.74 Å². The first-order valence-electron chi connectivity index (χ1n) is 13.9. The summed E-state index contributed by atoms with van der Waals surface area (Å²) in [6.07, 6.45) is 4.58. The van der Waals surface area contributed by atoms with Crippen LogP contribution in [0.25, 0.3) is 0 Å². The van der Waals surface area contributed by atoms with Crippen LogP contribution in [0.15, 0.2) is 42.5 Å². The van der Waals surface area contributed by atoms with E-state index in [0.717, 1.165) is 37.9 Å². The minimum absolute atomic E-state index is 0.112. The molecule has 0 aromatic heterocycles. The van der Waals surface area contributed by atoms with Crippen LogP contribution < -0.4 is 10.2 Å². The van der Waals surface area contributed by atoms with Crippen LogP contribution in [0.5, 0.6) is 0 Å². The molecular formula is C31H39N3O4. The van der Waals surface area contributed by atoms with E-state index in [-0.39, 0.29) is 23.8 Å². The molecule has 2 saturated heterocycles. The van der Waals surface area contributed by atoms with Crippen LogP contribution in [-0.4, -0.2) is 48.0 Å². The van der Waals surface area contributed by atoms with Crippen molar-refractivity contribution < 1.29 is 19.1 Å². The molecule has 7 nitrogen and oxygen atoms in total. The van der Waals surface area contributed by atoms with Crippen molar-refractivity contribution in [3.05, 3.63) is 64.7 Å². The number of carbonyl (C=O) groups is 3. The van der Waals surface area contributed by atoms with Crippen molar-refractivity contribution in [3.8, 4) is 0 Å². The van der Waals surface area contributed by atoms with Gasteiger partial charge in [0.05, 0.1) is 0 Å². The zero-order chi connectivity index (χ0) is 26.9. The molecule has 2 aromatic rings. The third-order valence-electron chi connectivity index (χ3n) is 8.00. The number of fused-ring (bicyclic) bond motifs is 1. The van der Waals surface area contributed by atoms with Gasteiger partial charge in [-0.05, 0) is 93.2 Å². The van der Waals surface area contributed by atoms with E-state index >= 15 is 0 Å². The summed E-state index contributed by atoms with van der Waals surface area (Å²) in [5.41, 5.74) is 5.84. The van der Waals surface area contributed by atoms with Gasteiger partial charge in [-0.2, -0.15) is 0 Å². The maximum atomic E-state index is 12.5. The van der Waals surface area contributed by atoms with Gasteiger partial charge in [0.25, 0.3) is 0 Å². The van der Waals surface area contributed by atoms with Gasteiger partial charge >= 0.3 is 6.09 Å². The molecule has 3 heterocycles. The van der Waals surface area contributed by atoms with Crippen LogP contribution in [0, 0.1) is 5.92 Å². The molecule has 3 aliphatic rings. The van der Waals surface area contributed by atoms with E-state index in [2.05, 4.69) is 52.7 Å². The van der Waals surface area contributed by atoms with Gasteiger partial charge in [-0.15, -0.1) is 0 Å². The number of nitrogens with one attached hydrogen (secondary N) is 1. The Morgan fingerprint density at radius 1 is 0.947 bits per heavy atom. The highest BCUT2D eigenvalue weighted by Gasteiger charge is 2.28. The quantitative estimate of drug-likeness (QED) is 0.580. The minimum atomic E-state index is -0.481. The second-order valence-corrected chi connectivity index (χ2v) is 12.0. The summed E-state index contributed by atoms with van der Waals surface area (Å²) >= 11 is 0. The van der Waals surface area contributed by atoms with Crippen LogP contribution in [-0.2, 0) is 33.7 Å². The van der Waals surface area contributed by atoms with Crippen molar-refractivity contribution in [2.45, 2.75) is 77.4 Å².